The molecule has 0 radical (unpaired) electrons. The molecule has 1 aliphatic rings. The van der Waals surface area contributed by atoms with Crippen molar-refractivity contribution in [2.45, 2.75) is 18.4 Å². The molecule has 0 aromatic heterocycles. The molecule has 0 fully saturated rings. The van der Waals surface area contributed by atoms with Gasteiger partial charge in [-0.3, -0.25) is 4.79 Å². The number of amides is 1. The zero-order chi connectivity index (χ0) is 10.3. The van der Waals surface area contributed by atoms with Crippen molar-refractivity contribution in [2.75, 3.05) is 0 Å². The third kappa shape index (κ3) is 1.52. The third-order valence-corrected chi connectivity index (χ3v) is 3.23. The molecule has 0 spiro atoms. The molecular formula is C10H10INO2. The van der Waals surface area contributed by atoms with Gasteiger partial charge in [0.2, 0.25) is 5.91 Å². The molecular weight excluding hydrogens is 293 g/mol. The molecule has 1 aromatic rings. The lowest BCUT2D eigenvalue weighted by Gasteiger charge is -2.11. The van der Waals surface area contributed by atoms with Crippen LogP contribution in [0, 0.1) is 3.57 Å². The maximum atomic E-state index is 11.1. The number of hydrogen-bond acceptors (Lipinski definition) is 2. The molecule has 0 unspecified atom stereocenters. The van der Waals surface area contributed by atoms with Gasteiger partial charge in [0.25, 0.3) is 0 Å². The second-order valence-corrected chi connectivity index (χ2v) is 4.74. The summed E-state index contributed by atoms with van der Waals surface area (Å²) in [7, 11) is 0. The van der Waals surface area contributed by atoms with E-state index >= 15 is 0 Å². The zero-order valence-electron chi connectivity index (χ0n) is 7.40. The molecule has 1 aliphatic carbocycles. The Bertz CT molecular complexity index is 392. The number of carbonyl (C=O) groups is 1. The van der Waals surface area contributed by atoms with Crippen molar-refractivity contribution in [1.82, 2.24) is 0 Å². The molecule has 0 heterocycles. The van der Waals surface area contributed by atoms with Crippen LogP contribution in [-0.2, 0) is 11.2 Å². The van der Waals surface area contributed by atoms with Crippen LogP contribution in [0.25, 0.3) is 0 Å². The second-order valence-electron chi connectivity index (χ2n) is 3.49. The highest BCUT2D eigenvalue weighted by molar-refractivity contribution is 14.1. The average molecular weight is 303 g/mol. The Hall–Kier alpha value is -0.620. The van der Waals surface area contributed by atoms with E-state index in [1.54, 1.807) is 0 Å². The van der Waals surface area contributed by atoms with Gasteiger partial charge in [0.15, 0.2) is 0 Å². The Morgan fingerprint density at radius 3 is 2.93 bits per heavy atom. The minimum absolute atomic E-state index is 0.446. The van der Waals surface area contributed by atoms with Crippen molar-refractivity contribution in [3.05, 3.63) is 32.9 Å². The number of rotatable bonds is 1. The van der Waals surface area contributed by atoms with Crippen LogP contribution in [-0.4, -0.2) is 17.1 Å². The molecule has 0 saturated carbocycles. The number of halogens is 1. The molecule has 1 aromatic carbocycles. The summed E-state index contributed by atoms with van der Waals surface area (Å²) in [5, 5.41) is 9.67. The number of hydrogen-bond donors (Lipinski definition) is 2. The van der Waals surface area contributed by atoms with Crippen molar-refractivity contribution in [3.8, 4) is 0 Å². The fraction of sp³-hybridized carbons (Fsp3) is 0.300. The van der Waals surface area contributed by atoms with E-state index in [1.807, 2.05) is 18.2 Å². The van der Waals surface area contributed by atoms with E-state index in [1.165, 1.54) is 0 Å². The summed E-state index contributed by atoms with van der Waals surface area (Å²) in [5.41, 5.74) is 7.17. The number of primary amides is 1. The highest BCUT2D eigenvalue weighted by Gasteiger charge is 2.34. The number of benzene rings is 1. The van der Waals surface area contributed by atoms with Gasteiger partial charge in [0.05, 0.1) is 12.0 Å². The number of aliphatic hydroxyl groups is 1. The standard InChI is InChI=1S/C10H10INO2/c11-6-2-1-5-3-8(13)9(10(12)14)7(5)4-6/h1-2,4,8-9,13H,3H2,(H2,12,14)/t8-,9-/m1/s1. The number of aliphatic hydroxyl groups excluding tert-OH is 1. The lowest BCUT2D eigenvalue weighted by molar-refractivity contribution is -0.121. The van der Waals surface area contributed by atoms with Gasteiger partial charge in [0, 0.05) is 3.57 Å². The van der Waals surface area contributed by atoms with E-state index in [2.05, 4.69) is 22.6 Å². The van der Waals surface area contributed by atoms with Gasteiger partial charge in [-0.1, -0.05) is 6.07 Å². The fourth-order valence-corrected chi connectivity index (χ4v) is 2.45. The summed E-state index contributed by atoms with van der Waals surface area (Å²) in [6.45, 7) is 0. The van der Waals surface area contributed by atoms with Crippen molar-refractivity contribution in [2.24, 2.45) is 5.73 Å². The van der Waals surface area contributed by atoms with Gasteiger partial charge in [-0.05, 0) is 52.3 Å². The van der Waals surface area contributed by atoms with Gasteiger partial charge in [0.1, 0.15) is 0 Å². The lowest BCUT2D eigenvalue weighted by Crippen LogP contribution is -2.28. The molecule has 2 rings (SSSR count). The summed E-state index contributed by atoms with van der Waals surface area (Å²) in [4.78, 5) is 11.1. The van der Waals surface area contributed by atoms with Crippen molar-refractivity contribution in [3.63, 3.8) is 0 Å². The molecule has 0 bridgehead atoms. The van der Waals surface area contributed by atoms with E-state index in [0.717, 1.165) is 14.7 Å². The predicted molar refractivity (Wildman–Crippen MR) is 60.8 cm³/mol. The minimum Gasteiger partial charge on any atom is -0.392 e. The zero-order valence-corrected chi connectivity index (χ0v) is 9.56. The number of carbonyl (C=O) groups excluding carboxylic acids is 1. The SMILES string of the molecule is NC(=O)[C@@H]1c2cc(I)ccc2C[C@H]1O. The summed E-state index contributed by atoms with van der Waals surface area (Å²) >= 11 is 2.18. The molecule has 74 valence electrons. The van der Waals surface area contributed by atoms with Gasteiger partial charge in [-0.2, -0.15) is 0 Å². The van der Waals surface area contributed by atoms with Crippen molar-refractivity contribution in [1.29, 1.82) is 0 Å². The highest BCUT2D eigenvalue weighted by Crippen LogP contribution is 2.34. The smallest absolute Gasteiger partial charge is 0.227 e. The Morgan fingerprint density at radius 2 is 2.29 bits per heavy atom. The quantitative estimate of drug-likeness (QED) is 0.753. The summed E-state index contributed by atoms with van der Waals surface area (Å²) in [6, 6.07) is 5.83. The third-order valence-electron chi connectivity index (χ3n) is 2.56. The Balaban J connectivity index is 2.49. The molecule has 4 heteroatoms. The molecule has 3 N–H and O–H groups in total. The first-order valence-electron chi connectivity index (χ1n) is 4.35. The predicted octanol–water partition coefficient (Wildman–Crippen LogP) is 0.777. The fourth-order valence-electron chi connectivity index (χ4n) is 1.93. The van der Waals surface area contributed by atoms with E-state index in [0.29, 0.717) is 6.42 Å². The highest BCUT2D eigenvalue weighted by atomic mass is 127. The summed E-state index contributed by atoms with van der Waals surface area (Å²) in [6.07, 6.45) is -0.124. The first-order valence-corrected chi connectivity index (χ1v) is 5.43. The van der Waals surface area contributed by atoms with E-state index in [9.17, 15) is 9.90 Å². The van der Waals surface area contributed by atoms with Crippen LogP contribution in [0.3, 0.4) is 0 Å². The van der Waals surface area contributed by atoms with Crippen LogP contribution in [0.5, 0.6) is 0 Å². The summed E-state index contributed by atoms with van der Waals surface area (Å²) < 4.78 is 1.06. The maximum absolute atomic E-state index is 11.1. The molecule has 0 aliphatic heterocycles. The maximum Gasteiger partial charge on any atom is 0.227 e. The van der Waals surface area contributed by atoms with Crippen LogP contribution >= 0.6 is 22.6 Å². The van der Waals surface area contributed by atoms with E-state index < -0.39 is 17.9 Å². The van der Waals surface area contributed by atoms with Crippen molar-refractivity contribution < 1.29 is 9.90 Å². The molecule has 3 nitrogen and oxygen atoms in total. The Kier molecular flexibility index (Phi) is 2.48. The molecule has 14 heavy (non-hydrogen) atoms. The van der Waals surface area contributed by atoms with Gasteiger partial charge in [-0.25, -0.2) is 0 Å². The topological polar surface area (TPSA) is 63.3 Å². The minimum atomic E-state index is -0.652. The molecule has 2 atom stereocenters. The normalized spacial score (nSPS) is 24.7. The molecule has 0 saturated heterocycles. The van der Waals surface area contributed by atoms with Crippen LogP contribution in [0.15, 0.2) is 18.2 Å². The Morgan fingerprint density at radius 1 is 1.57 bits per heavy atom. The first kappa shape index (κ1) is 9.92. The number of nitrogens with two attached hydrogens (primary N) is 1. The first-order chi connectivity index (χ1) is 6.59. The van der Waals surface area contributed by atoms with Crippen molar-refractivity contribution >= 4 is 28.5 Å². The summed E-state index contributed by atoms with van der Waals surface area (Å²) in [5.74, 6) is -0.974. The van der Waals surface area contributed by atoms with Gasteiger partial charge in [-0.15, -0.1) is 0 Å². The van der Waals surface area contributed by atoms with Gasteiger partial charge >= 0.3 is 0 Å². The average Bonchev–Trinajstić information content (AvgIpc) is 2.40. The van der Waals surface area contributed by atoms with Crippen LogP contribution in [0.1, 0.15) is 17.0 Å². The lowest BCUT2D eigenvalue weighted by atomic mass is 9.99. The monoisotopic (exact) mass is 303 g/mol. The largest absolute Gasteiger partial charge is 0.392 e. The number of fused-ring (bicyclic) bond motifs is 1. The van der Waals surface area contributed by atoms with Gasteiger partial charge < -0.3 is 10.8 Å². The Labute approximate surface area is 95.4 Å². The van der Waals surface area contributed by atoms with Crippen LogP contribution < -0.4 is 5.73 Å². The van der Waals surface area contributed by atoms with Crippen LogP contribution in [0.4, 0.5) is 0 Å². The van der Waals surface area contributed by atoms with Crippen LogP contribution in [0.2, 0.25) is 0 Å². The van der Waals surface area contributed by atoms with E-state index in [4.69, 9.17) is 5.73 Å². The molecule has 1 amide bonds. The van der Waals surface area contributed by atoms with E-state index in [-0.39, 0.29) is 0 Å². The second kappa shape index (κ2) is 3.51.